The predicted octanol–water partition coefficient (Wildman–Crippen LogP) is 3.60. The van der Waals surface area contributed by atoms with Gasteiger partial charge in [-0.1, -0.05) is 27.2 Å². The first-order valence-corrected chi connectivity index (χ1v) is 7.04. The van der Waals surface area contributed by atoms with Crippen LogP contribution in [0.15, 0.2) is 6.33 Å². The van der Waals surface area contributed by atoms with E-state index < -0.39 is 0 Å². The molecule has 1 atom stereocenters. The fourth-order valence-electron chi connectivity index (χ4n) is 1.94. The molecule has 0 bridgehead atoms. The van der Waals surface area contributed by atoms with E-state index in [9.17, 15) is 0 Å². The van der Waals surface area contributed by atoms with Gasteiger partial charge in [0.15, 0.2) is 0 Å². The Morgan fingerprint density at radius 1 is 1.11 bits per heavy atom. The number of aromatic nitrogens is 2. The summed E-state index contributed by atoms with van der Waals surface area (Å²) in [5, 5.41) is 6.86. The third kappa shape index (κ3) is 4.17. The van der Waals surface area contributed by atoms with Crippen molar-refractivity contribution in [2.24, 2.45) is 0 Å². The maximum absolute atomic E-state index is 4.35. The van der Waals surface area contributed by atoms with Crippen molar-refractivity contribution in [1.82, 2.24) is 9.97 Å². The molecule has 102 valence electrons. The summed E-state index contributed by atoms with van der Waals surface area (Å²) in [5.74, 6) is 1.91. The summed E-state index contributed by atoms with van der Waals surface area (Å²) in [6.45, 7) is 9.59. The van der Waals surface area contributed by atoms with Gasteiger partial charge in [-0.2, -0.15) is 0 Å². The van der Waals surface area contributed by atoms with Gasteiger partial charge in [0.1, 0.15) is 18.0 Å². The number of rotatable bonds is 8. The first-order chi connectivity index (χ1) is 8.72. The maximum atomic E-state index is 4.35. The summed E-state index contributed by atoms with van der Waals surface area (Å²) in [7, 11) is 0. The molecule has 0 spiro atoms. The van der Waals surface area contributed by atoms with Crippen LogP contribution in [0.4, 0.5) is 11.6 Å². The van der Waals surface area contributed by atoms with Crippen LogP contribution in [0.2, 0.25) is 0 Å². The van der Waals surface area contributed by atoms with Crippen LogP contribution in [-0.2, 0) is 0 Å². The van der Waals surface area contributed by atoms with Crippen molar-refractivity contribution in [2.75, 3.05) is 17.2 Å². The van der Waals surface area contributed by atoms with Crippen LogP contribution in [0, 0.1) is 6.92 Å². The first kappa shape index (κ1) is 14.7. The molecule has 4 nitrogen and oxygen atoms in total. The highest BCUT2D eigenvalue weighted by atomic mass is 15.1. The quantitative estimate of drug-likeness (QED) is 0.740. The molecular formula is C14H26N4. The Kier molecular flexibility index (Phi) is 6.47. The Bertz CT molecular complexity index is 352. The molecule has 4 heteroatoms. The standard InChI is InChI=1S/C14H26N4/c1-5-8-12(7-3)18-14-11(4)13(15-9-6-2)16-10-17-14/h10,12H,5-9H2,1-4H3,(H2,15,16,17,18). The van der Waals surface area contributed by atoms with Gasteiger partial charge in [-0.25, -0.2) is 9.97 Å². The molecule has 18 heavy (non-hydrogen) atoms. The number of nitrogens with one attached hydrogen (secondary N) is 2. The van der Waals surface area contributed by atoms with Gasteiger partial charge in [0, 0.05) is 18.2 Å². The maximum Gasteiger partial charge on any atom is 0.134 e. The van der Waals surface area contributed by atoms with E-state index in [1.807, 2.05) is 0 Å². The highest BCUT2D eigenvalue weighted by Crippen LogP contribution is 2.20. The fourth-order valence-corrected chi connectivity index (χ4v) is 1.94. The largest absolute Gasteiger partial charge is 0.370 e. The molecule has 0 aliphatic carbocycles. The summed E-state index contributed by atoms with van der Waals surface area (Å²) < 4.78 is 0. The van der Waals surface area contributed by atoms with Crippen molar-refractivity contribution >= 4 is 11.6 Å². The van der Waals surface area contributed by atoms with E-state index in [2.05, 4.69) is 48.3 Å². The average Bonchev–Trinajstić information content (AvgIpc) is 2.39. The number of hydrogen-bond acceptors (Lipinski definition) is 4. The van der Waals surface area contributed by atoms with Crippen molar-refractivity contribution in [1.29, 1.82) is 0 Å². The summed E-state index contributed by atoms with van der Waals surface area (Å²) >= 11 is 0. The zero-order valence-corrected chi connectivity index (χ0v) is 12.1. The second-order valence-corrected chi connectivity index (χ2v) is 4.66. The van der Waals surface area contributed by atoms with Crippen molar-refractivity contribution in [3.05, 3.63) is 11.9 Å². The number of nitrogens with zero attached hydrogens (tertiary/aromatic N) is 2. The second-order valence-electron chi connectivity index (χ2n) is 4.66. The second kappa shape index (κ2) is 7.90. The normalized spacial score (nSPS) is 12.2. The van der Waals surface area contributed by atoms with Gasteiger partial charge in [-0.3, -0.25) is 0 Å². The lowest BCUT2D eigenvalue weighted by molar-refractivity contribution is 0.619. The Hall–Kier alpha value is -1.32. The van der Waals surface area contributed by atoms with Crippen LogP contribution in [0.3, 0.4) is 0 Å². The molecule has 2 N–H and O–H groups in total. The van der Waals surface area contributed by atoms with Crippen LogP contribution in [0.1, 0.15) is 52.0 Å². The molecule has 1 aromatic heterocycles. The van der Waals surface area contributed by atoms with Gasteiger partial charge in [-0.15, -0.1) is 0 Å². The molecule has 0 saturated carbocycles. The lowest BCUT2D eigenvalue weighted by Gasteiger charge is -2.19. The molecule has 0 saturated heterocycles. The average molecular weight is 250 g/mol. The van der Waals surface area contributed by atoms with Gasteiger partial charge < -0.3 is 10.6 Å². The molecule has 0 fully saturated rings. The van der Waals surface area contributed by atoms with E-state index in [0.29, 0.717) is 6.04 Å². The zero-order chi connectivity index (χ0) is 13.4. The Balaban J connectivity index is 2.75. The van der Waals surface area contributed by atoms with E-state index in [-0.39, 0.29) is 0 Å². The molecule has 0 aliphatic heterocycles. The lowest BCUT2D eigenvalue weighted by Crippen LogP contribution is -2.20. The minimum absolute atomic E-state index is 0.502. The third-order valence-electron chi connectivity index (χ3n) is 3.10. The van der Waals surface area contributed by atoms with Gasteiger partial charge in [-0.05, 0) is 26.2 Å². The summed E-state index contributed by atoms with van der Waals surface area (Å²) in [5.41, 5.74) is 1.11. The smallest absolute Gasteiger partial charge is 0.134 e. The number of anilines is 2. The van der Waals surface area contributed by atoms with Crippen molar-refractivity contribution < 1.29 is 0 Å². The molecular weight excluding hydrogens is 224 g/mol. The predicted molar refractivity (Wildman–Crippen MR) is 78.2 cm³/mol. The van der Waals surface area contributed by atoms with Gasteiger partial charge in [0.05, 0.1) is 0 Å². The molecule has 0 radical (unpaired) electrons. The topological polar surface area (TPSA) is 49.8 Å². The van der Waals surface area contributed by atoms with Gasteiger partial charge >= 0.3 is 0 Å². The van der Waals surface area contributed by atoms with Crippen LogP contribution in [0.25, 0.3) is 0 Å². The van der Waals surface area contributed by atoms with E-state index in [0.717, 1.165) is 36.6 Å². The molecule has 1 unspecified atom stereocenters. The molecule has 0 aliphatic rings. The first-order valence-electron chi connectivity index (χ1n) is 7.04. The summed E-state index contributed by atoms with van der Waals surface area (Å²) in [4.78, 5) is 8.65. The van der Waals surface area contributed by atoms with E-state index in [1.54, 1.807) is 6.33 Å². The highest BCUT2D eigenvalue weighted by Gasteiger charge is 2.10. The van der Waals surface area contributed by atoms with Crippen molar-refractivity contribution in [2.45, 2.75) is 59.4 Å². The summed E-state index contributed by atoms with van der Waals surface area (Å²) in [6.07, 6.45) is 6.22. The molecule has 1 heterocycles. The Morgan fingerprint density at radius 2 is 1.83 bits per heavy atom. The zero-order valence-electron chi connectivity index (χ0n) is 12.1. The third-order valence-corrected chi connectivity index (χ3v) is 3.10. The SMILES string of the molecule is CCCNc1ncnc(NC(CC)CCC)c1C. The van der Waals surface area contributed by atoms with Gasteiger partial charge in [0.25, 0.3) is 0 Å². The van der Waals surface area contributed by atoms with Crippen molar-refractivity contribution in [3.63, 3.8) is 0 Å². The molecule has 1 rings (SSSR count). The minimum atomic E-state index is 0.502. The van der Waals surface area contributed by atoms with E-state index in [4.69, 9.17) is 0 Å². The van der Waals surface area contributed by atoms with Crippen LogP contribution >= 0.6 is 0 Å². The lowest BCUT2D eigenvalue weighted by atomic mass is 10.1. The molecule has 0 amide bonds. The highest BCUT2D eigenvalue weighted by molar-refractivity contribution is 5.56. The van der Waals surface area contributed by atoms with Crippen LogP contribution in [-0.4, -0.2) is 22.6 Å². The Labute approximate surface area is 111 Å². The Morgan fingerprint density at radius 3 is 2.44 bits per heavy atom. The van der Waals surface area contributed by atoms with Crippen molar-refractivity contribution in [3.8, 4) is 0 Å². The minimum Gasteiger partial charge on any atom is -0.370 e. The monoisotopic (exact) mass is 250 g/mol. The van der Waals surface area contributed by atoms with E-state index in [1.165, 1.54) is 12.8 Å². The molecule has 1 aromatic rings. The van der Waals surface area contributed by atoms with E-state index >= 15 is 0 Å². The fraction of sp³-hybridized carbons (Fsp3) is 0.714. The van der Waals surface area contributed by atoms with Crippen LogP contribution < -0.4 is 10.6 Å². The number of hydrogen-bond donors (Lipinski definition) is 2. The van der Waals surface area contributed by atoms with Gasteiger partial charge in [0.2, 0.25) is 0 Å². The van der Waals surface area contributed by atoms with Crippen LogP contribution in [0.5, 0.6) is 0 Å². The molecule has 0 aromatic carbocycles. The summed E-state index contributed by atoms with van der Waals surface area (Å²) in [6, 6.07) is 0.502.